The molecule has 3 heterocycles. The molecule has 1 saturated carbocycles. The van der Waals surface area contributed by atoms with E-state index in [0.717, 1.165) is 17.6 Å². The molecule has 0 radical (unpaired) electrons. The number of halogens is 1. The summed E-state index contributed by atoms with van der Waals surface area (Å²) < 4.78 is 50.2. The number of carbonyl (C=O) groups is 4. The van der Waals surface area contributed by atoms with Crippen molar-refractivity contribution in [1.82, 2.24) is 4.90 Å². The van der Waals surface area contributed by atoms with Crippen LogP contribution in [-0.4, -0.2) is 128 Å². The highest BCUT2D eigenvalue weighted by Gasteiger charge is 2.56. The molecule has 0 aromatic heterocycles. The first-order valence-electron chi connectivity index (χ1n) is 24.1. The molecule has 2 saturated heterocycles. The van der Waals surface area contributed by atoms with E-state index in [-0.39, 0.29) is 61.5 Å². The van der Waals surface area contributed by atoms with E-state index in [0.29, 0.717) is 57.1 Å². The number of amides is 1. The third kappa shape index (κ3) is 13.3. The molecule has 5 rings (SSSR count). The minimum Gasteiger partial charge on any atom is -0.456 e. The van der Waals surface area contributed by atoms with Crippen LogP contribution in [0.15, 0.2) is 53.6 Å². The van der Waals surface area contributed by atoms with Crippen LogP contribution in [0.2, 0.25) is 0 Å². The van der Waals surface area contributed by atoms with Gasteiger partial charge in [-0.05, 0) is 113 Å². The molecule has 1 amide bonds. The highest BCUT2D eigenvalue weighted by atomic mass is 19.1. The molecule has 14 atom stereocenters. The fraction of sp³-hybridized carbons (Fsp3) is 0.692. The van der Waals surface area contributed by atoms with Crippen molar-refractivity contribution in [3.8, 4) is 0 Å². The van der Waals surface area contributed by atoms with E-state index < -0.39 is 77.8 Å². The van der Waals surface area contributed by atoms with E-state index in [1.54, 1.807) is 27.0 Å². The lowest BCUT2D eigenvalue weighted by Crippen LogP contribution is -2.64. The first-order chi connectivity index (χ1) is 31.4. The molecule has 4 aliphatic rings. The summed E-state index contributed by atoms with van der Waals surface area (Å²) in [6, 6.07) is 5.17. The molecule has 14 unspecified atom stereocenters. The van der Waals surface area contributed by atoms with E-state index in [1.165, 1.54) is 31.3 Å². The van der Waals surface area contributed by atoms with Crippen molar-refractivity contribution < 1.29 is 62.2 Å². The zero-order valence-corrected chi connectivity index (χ0v) is 40.6. The predicted molar refractivity (Wildman–Crippen MR) is 247 cm³/mol. The summed E-state index contributed by atoms with van der Waals surface area (Å²) in [7, 11) is 4.71. The van der Waals surface area contributed by atoms with Gasteiger partial charge in [0.2, 0.25) is 5.79 Å². The van der Waals surface area contributed by atoms with Gasteiger partial charge in [-0.15, -0.1) is 0 Å². The van der Waals surface area contributed by atoms with Crippen LogP contribution in [0, 0.1) is 35.4 Å². The topological polar surface area (TPSA) is 167 Å². The van der Waals surface area contributed by atoms with Crippen LogP contribution in [0.1, 0.15) is 118 Å². The van der Waals surface area contributed by atoms with E-state index >= 15 is 0 Å². The summed E-state index contributed by atoms with van der Waals surface area (Å²) in [5.74, 6) is -7.92. The van der Waals surface area contributed by atoms with Crippen molar-refractivity contribution in [3.05, 3.63) is 65.0 Å². The predicted octanol–water partition coefficient (Wildman–Crippen LogP) is 7.35. The lowest BCUT2D eigenvalue weighted by atomic mass is 9.81. The second-order valence-electron chi connectivity index (χ2n) is 19.4. The number of esters is 1. The van der Waals surface area contributed by atoms with E-state index in [4.69, 9.17) is 28.4 Å². The summed E-state index contributed by atoms with van der Waals surface area (Å²) >= 11 is 0. The largest absolute Gasteiger partial charge is 0.456 e. The van der Waals surface area contributed by atoms with Crippen LogP contribution in [0.25, 0.3) is 6.08 Å². The Morgan fingerprint density at radius 2 is 1.65 bits per heavy atom. The minimum absolute atomic E-state index is 0.00438. The maximum Gasteiger partial charge on any atom is 0.329 e. The van der Waals surface area contributed by atoms with Gasteiger partial charge in [0.05, 0.1) is 37.1 Å². The minimum atomic E-state index is -2.52. The molecule has 13 nitrogen and oxygen atoms in total. The molecule has 2 N–H and O–H groups in total. The number of methoxy groups -OCH3 is 3. The van der Waals surface area contributed by atoms with Gasteiger partial charge in [-0.25, -0.2) is 9.18 Å². The standard InChI is InChI=1S/C52H76FNO12/c1-10-38-24-31(2)23-32(3)25-45(62-8)48-46(63-9)27-34(5)52(60,66-48)49(57)50(58)54-21-12-11-18-40(54)51(59)65-47(35(6)41(55)30-42(38)56)33(4)26-37-19-20-43(44(29-37)61-7)64-22-14-16-36-15-13-17-39(53)28-36/h13-17,24,26,28,32,34-35,37-38,40-41,43-48,55,60H,10-12,18-23,25,27,29-30H2,1-9H3. The number of ether oxygens (including phenoxy) is 6. The first kappa shape index (κ1) is 53.3. The number of rotatable bonds is 10. The maximum atomic E-state index is 14.5. The fourth-order valence-electron chi connectivity index (χ4n) is 10.5. The number of nitrogens with zero attached hydrogens (tertiary/aromatic N) is 1. The highest BCUT2D eigenvalue weighted by molar-refractivity contribution is 6.39. The number of ketones is 2. The summed E-state index contributed by atoms with van der Waals surface area (Å²) in [6.07, 6.45) is 8.01. The van der Waals surface area contributed by atoms with Gasteiger partial charge < -0.3 is 43.5 Å². The molecular weight excluding hydrogens is 850 g/mol. The normalized spacial score (nSPS) is 36.4. The van der Waals surface area contributed by atoms with Crippen molar-refractivity contribution >= 4 is 29.5 Å². The Morgan fingerprint density at radius 3 is 2.33 bits per heavy atom. The molecule has 3 fully saturated rings. The van der Waals surface area contributed by atoms with Crippen molar-refractivity contribution in [2.75, 3.05) is 34.5 Å². The molecule has 1 aliphatic carbocycles. The summed E-state index contributed by atoms with van der Waals surface area (Å²) in [5, 5.41) is 23.9. The Labute approximate surface area is 391 Å². The van der Waals surface area contributed by atoms with Crippen LogP contribution < -0.4 is 0 Å². The molecule has 2 bridgehead atoms. The van der Waals surface area contributed by atoms with Crippen LogP contribution in [0.4, 0.5) is 4.39 Å². The van der Waals surface area contributed by atoms with Gasteiger partial charge in [-0.2, -0.15) is 0 Å². The monoisotopic (exact) mass is 926 g/mol. The SMILES string of the molecule is CCC1C=C(C)CC(C)CC(OC)C2OC(O)(C(=O)C(=O)N3CCCCC3C(=O)OC(C(C)=CC3CCC(OCC=Cc4cccc(F)c4)C(OC)C3)C(C)C(O)CC1=O)C(C)CC2OC. The number of Topliss-reactive ketones (excluding diaryl/α,β-unsaturated/α-hetero) is 2. The van der Waals surface area contributed by atoms with E-state index in [2.05, 4.69) is 6.92 Å². The van der Waals surface area contributed by atoms with Crippen molar-refractivity contribution in [2.24, 2.45) is 29.6 Å². The molecule has 1 aromatic carbocycles. The van der Waals surface area contributed by atoms with Crippen LogP contribution in [0.5, 0.6) is 0 Å². The second kappa shape index (κ2) is 24.6. The van der Waals surface area contributed by atoms with Gasteiger partial charge in [0.25, 0.3) is 11.7 Å². The third-order valence-corrected chi connectivity index (χ3v) is 14.4. The lowest BCUT2D eigenvalue weighted by Gasteiger charge is -2.47. The zero-order valence-electron chi connectivity index (χ0n) is 40.6. The number of cyclic esters (lactones) is 1. The van der Waals surface area contributed by atoms with Gasteiger partial charge in [0.15, 0.2) is 0 Å². The number of benzene rings is 1. The third-order valence-electron chi connectivity index (χ3n) is 14.4. The van der Waals surface area contributed by atoms with Gasteiger partial charge in [-0.1, -0.05) is 69.7 Å². The Kier molecular flexibility index (Phi) is 19.9. The molecule has 368 valence electrons. The van der Waals surface area contributed by atoms with Gasteiger partial charge in [0.1, 0.15) is 29.9 Å². The maximum absolute atomic E-state index is 14.5. The highest BCUT2D eigenvalue weighted by Crippen LogP contribution is 2.39. The van der Waals surface area contributed by atoms with Crippen LogP contribution in [0.3, 0.4) is 0 Å². The number of hydrogen-bond donors (Lipinski definition) is 2. The number of hydrogen-bond acceptors (Lipinski definition) is 12. The number of allylic oxidation sites excluding steroid dienone is 3. The molecule has 1 aromatic rings. The average Bonchev–Trinajstić information content (AvgIpc) is 3.30. The van der Waals surface area contributed by atoms with Gasteiger partial charge in [0, 0.05) is 52.0 Å². The second-order valence-corrected chi connectivity index (χ2v) is 19.4. The summed E-state index contributed by atoms with van der Waals surface area (Å²) in [6.45, 7) is 11.6. The van der Waals surface area contributed by atoms with Crippen molar-refractivity contribution in [3.63, 3.8) is 0 Å². The Bertz CT molecular complexity index is 1900. The number of aliphatic hydroxyl groups is 2. The number of fused-ring (bicyclic) bond motifs is 3. The van der Waals surface area contributed by atoms with Gasteiger partial charge in [-0.3, -0.25) is 14.4 Å². The molecule has 66 heavy (non-hydrogen) atoms. The summed E-state index contributed by atoms with van der Waals surface area (Å²) in [4.78, 5) is 58.3. The Hall–Kier alpha value is -3.63. The average molecular weight is 926 g/mol. The zero-order chi connectivity index (χ0) is 48.3. The number of aliphatic hydroxyl groups excluding tert-OH is 1. The van der Waals surface area contributed by atoms with E-state index in [9.17, 15) is 33.8 Å². The van der Waals surface area contributed by atoms with Crippen LogP contribution >= 0.6 is 0 Å². The molecule has 14 heteroatoms. The van der Waals surface area contributed by atoms with Gasteiger partial charge >= 0.3 is 5.97 Å². The quantitative estimate of drug-likeness (QED) is 0.136. The van der Waals surface area contributed by atoms with Crippen molar-refractivity contribution in [1.29, 1.82) is 0 Å². The summed E-state index contributed by atoms with van der Waals surface area (Å²) in [5.41, 5.74) is 2.40. The number of carbonyl (C=O) groups excluding carboxylic acids is 4. The Balaban J connectivity index is 1.44. The fourth-order valence-corrected chi connectivity index (χ4v) is 10.5. The van der Waals surface area contributed by atoms with Crippen LogP contribution in [-0.2, 0) is 47.6 Å². The van der Waals surface area contributed by atoms with E-state index in [1.807, 2.05) is 51.1 Å². The molecule has 0 spiro atoms. The smallest absolute Gasteiger partial charge is 0.329 e. The molecular formula is C52H76FNO12. The number of piperidine rings is 1. The first-order valence-corrected chi connectivity index (χ1v) is 24.1. The lowest BCUT2D eigenvalue weighted by molar-refractivity contribution is -0.302. The van der Waals surface area contributed by atoms with Crippen molar-refractivity contribution in [2.45, 2.75) is 167 Å². The molecule has 3 aliphatic heterocycles. The Morgan fingerprint density at radius 1 is 0.939 bits per heavy atom.